The predicted molar refractivity (Wildman–Crippen MR) is 77.3 cm³/mol. The zero-order valence-electron chi connectivity index (χ0n) is 12.1. The van der Waals surface area contributed by atoms with Crippen LogP contribution >= 0.6 is 0 Å². The largest absolute Gasteiger partial charge is 0.334 e. The summed E-state index contributed by atoms with van der Waals surface area (Å²) in [5.41, 5.74) is 4.63. The van der Waals surface area contributed by atoms with Gasteiger partial charge in [0.25, 0.3) is 0 Å². The average molecular weight is 282 g/mol. The van der Waals surface area contributed by atoms with Crippen molar-refractivity contribution in [2.75, 3.05) is 0 Å². The van der Waals surface area contributed by atoms with E-state index in [0.29, 0.717) is 6.54 Å². The third kappa shape index (κ3) is 2.13. The van der Waals surface area contributed by atoms with Crippen molar-refractivity contribution in [3.05, 3.63) is 47.0 Å². The second-order valence-corrected chi connectivity index (χ2v) is 6.02. The number of nitrogens with zero attached hydrogens (tertiary/aromatic N) is 4. The Kier molecular flexibility index (Phi) is 2.80. The quantitative estimate of drug-likeness (QED) is 0.800. The van der Waals surface area contributed by atoms with Crippen molar-refractivity contribution in [1.82, 2.24) is 19.7 Å². The zero-order valence-corrected chi connectivity index (χ0v) is 12.1. The summed E-state index contributed by atoms with van der Waals surface area (Å²) in [7, 11) is 0. The topological polar surface area (TPSA) is 51.0 Å². The third-order valence-corrected chi connectivity index (χ3v) is 4.55. The molecule has 0 spiro atoms. The molecule has 0 aromatic carbocycles. The van der Waals surface area contributed by atoms with E-state index in [0.717, 1.165) is 31.6 Å². The summed E-state index contributed by atoms with van der Waals surface area (Å²) >= 11 is 0. The van der Waals surface area contributed by atoms with E-state index in [-0.39, 0.29) is 11.8 Å². The van der Waals surface area contributed by atoms with Gasteiger partial charge in [0.15, 0.2) is 0 Å². The van der Waals surface area contributed by atoms with Crippen LogP contribution in [0, 0.1) is 12.8 Å². The summed E-state index contributed by atoms with van der Waals surface area (Å²) in [6.45, 7) is 4.28. The monoisotopic (exact) mass is 282 g/mol. The molecule has 2 aromatic heterocycles. The van der Waals surface area contributed by atoms with Crippen LogP contribution in [0.25, 0.3) is 0 Å². The number of aryl methyl sites for hydroxylation is 2. The van der Waals surface area contributed by atoms with E-state index in [9.17, 15) is 4.79 Å². The Morgan fingerprint density at radius 3 is 3.10 bits per heavy atom. The number of rotatable bonds is 1. The number of hydrogen-bond acceptors (Lipinski definition) is 3. The minimum Gasteiger partial charge on any atom is -0.334 e. The molecule has 4 heterocycles. The van der Waals surface area contributed by atoms with Gasteiger partial charge in [0.1, 0.15) is 0 Å². The van der Waals surface area contributed by atoms with E-state index < -0.39 is 0 Å². The summed E-state index contributed by atoms with van der Waals surface area (Å²) in [4.78, 5) is 19.1. The van der Waals surface area contributed by atoms with Crippen LogP contribution in [0.15, 0.2) is 24.5 Å². The highest BCUT2D eigenvalue weighted by molar-refractivity contribution is 5.80. The lowest BCUT2D eigenvalue weighted by atomic mass is 9.95. The Morgan fingerprint density at radius 2 is 2.19 bits per heavy atom. The van der Waals surface area contributed by atoms with Gasteiger partial charge in [0.05, 0.1) is 0 Å². The van der Waals surface area contributed by atoms with Crippen LogP contribution in [0.3, 0.4) is 0 Å². The van der Waals surface area contributed by atoms with Gasteiger partial charge in [0.2, 0.25) is 5.91 Å². The smallest absolute Gasteiger partial charge is 0.226 e. The van der Waals surface area contributed by atoms with Crippen molar-refractivity contribution in [3.8, 4) is 0 Å². The maximum atomic E-state index is 12.8. The van der Waals surface area contributed by atoms with E-state index in [1.54, 1.807) is 0 Å². The molecular formula is C16H18N4O. The first kappa shape index (κ1) is 12.6. The Labute approximate surface area is 123 Å². The van der Waals surface area contributed by atoms with Gasteiger partial charge in [-0.3, -0.25) is 14.5 Å². The molecule has 5 heteroatoms. The van der Waals surface area contributed by atoms with E-state index in [1.165, 1.54) is 16.8 Å². The van der Waals surface area contributed by atoms with Gasteiger partial charge < -0.3 is 4.90 Å². The third-order valence-electron chi connectivity index (χ3n) is 4.55. The fraction of sp³-hybridized carbons (Fsp3) is 0.438. The molecule has 0 saturated carbocycles. The van der Waals surface area contributed by atoms with Crippen molar-refractivity contribution in [1.29, 1.82) is 0 Å². The molecule has 0 radical (unpaired) electrons. The van der Waals surface area contributed by atoms with Crippen LogP contribution < -0.4 is 0 Å². The summed E-state index contributed by atoms with van der Waals surface area (Å²) < 4.78 is 2.01. The SMILES string of the molecule is Cc1cc2c(cn1)CN(C(=O)C1CCn3nccc3C1)C2. The van der Waals surface area contributed by atoms with E-state index in [4.69, 9.17) is 0 Å². The van der Waals surface area contributed by atoms with Crippen molar-refractivity contribution in [2.45, 2.75) is 39.4 Å². The van der Waals surface area contributed by atoms with E-state index in [2.05, 4.69) is 16.1 Å². The van der Waals surface area contributed by atoms with Crippen molar-refractivity contribution in [2.24, 2.45) is 5.92 Å². The first-order valence-electron chi connectivity index (χ1n) is 7.44. The molecule has 108 valence electrons. The number of pyridine rings is 1. The van der Waals surface area contributed by atoms with Crippen LogP contribution in [0.4, 0.5) is 0 Å². The number of aromatic nitrogens is 3. The highest BCUT2D eigenvalue weighted by Crippen LogP contribution is 2.27. The Morgan fingerprint density at radius 1 is 1.33 bits per heavy atom. The zero-order chi connectivity index (χ0) is 14.4. The second kappa shape index (κ2) is 4.69. The number of fused-ring (bicyclic) bond motifs is 2. The molecule has 0 fully saturated rings. The lowest BCUT2D eigenvalue weighted by molar-refractivity contribution is -0.136. The van der Waals surface area contributed by atoms with Gasteiger partial charge in [0, 0.05) is 55.8 Å². The summed E-state index contributed by atoms with van der Waals surface area (Å²) in [5.74, 6) is 0.369. The second-order valence-electron chi connectivity index (χ2n) is 6.02. The fourth-order valence-electron chi connectivity index (χ4n) is 3.39. The van der Waals surface area contributed by atoms with Gasteiger partial charge in [-0.15, -0.1) is 0 Å². The first-order chi connectivity index (χ1) is 10.2. The van der Waals surface area contributed by atoms with E-state index in [1.807, 2.05) is 35.0 Å². The highest BCUT2D eigenvalue weighted by atomic mass is 16.2. The van der Waals surface area contributed by atoms with Crippen LogP contribution in [-0.2, 0) is 30.8 Å². The number of carbonyl (C=O) groups is 1. The van der Waals surface area contributed by atoms with Crippen LogP contribution in [0.2, 0.25) is 0 Å². The molecular weight excluding hydrogens is 264 g/mol. The van der Waals surface area contributed by atoms with Gasteiger partial charge in [-0.2, -0.15) is 5.10 Å². The average Bonchev–Trinajstić information content (AvgIpc) is 3.11. The highest BCUT2D eigenvalue weighted by Gasteiger charge is 2.31. The molecule has 0 saturated heterocycles. The molecule has 0 bridgehead atoms. The van der Waals surface area contributed by atoms with Gasteiger partial charge in [-0.05, 0) is 36.6 Å². The minimum atomic E-state index is 0.0950. The molecule has 2 aliphatic heterocycles. The van der Waals surface area contributed by atoms with E-state index >= 15 is 0 Å². The summed E-state index contributed by atoms with van der Waals surface area (Å²) in [5, 5.41) is 4.27. The Hall–Kier alpha value is -2.17. The summed E-state index contributed by atoms with van der Waals surface area (Å²) in [6.07, 6.45) is 5.43. The van der Waals surface area contributed by atoms with Crippen LogP contribution in [0.1, 0.15) is 28.9 Å². The molecule has 1 unspecified atom stereocenters. The van der Waals surface area contributed by atoms with Crippen molar-refractivity contribution in [3.63, 3.8) is 0 Å². The Bertz CT molecular complexity index is 706. The minimum absolute atomic E-state index is 0.0950. The van der Waals surface area contributed by atoms with Crippen LogP contribution in [-0.4, -0.2) is 25.6 Å². The van der Waals surface area contributed by atoms with Crippen molar-refractivity contribution >= 4 is 5.91 Å². The molecule has 5 nitrogen and oxygen atoms in total. The molecule has 0 N–H and O–H groups in total. The molecule has 2 aromatic rings. The first-order valence-corrected chi connectivity index (χ1v) is 7.44. The molecule has 1 atom stereocenters. The van der Waals surface area contributed by atoms with Crippen LogP contribution in [0.5, 0.6) is 0 Å². The maximum Gasteiger partial charge on any atom is 0.226 e. The molecule has 1 amide bonds. The molecule has 2 aliphatic rings. The Balaban J connectivity index is 1.50. The molecule has 21 heavy (non-hydrogen) atoms. The van der Waals surface area contributed by atoms with Crippen molar-refractivity contribution < 1.29 is 4.79 Å². The van der Waals surface area contributed by atoms with Gasteiger partial charge >= 0.3 is 0 Å². The normalized spacial score (nSPS) is 20.2. The lowest BCUT2D eigenvalue weighted by Crippen LogP contribution is -2.36. The maximum absolute atomic E-state index is 12.8. The number of hydrogen-bond donors (Lipinski definition) is 0. The lowest BCUT2D eigenvalue weighted by Gasteiger charge is -2.26. The summed E-state index contributed by atoms with van der Waals surface area (Å²) in [6, 6.07) is 4.12. The van der Waals surface area contributed by atoms with Gasteiger partial charge in [-0.1, -0.05) is 0 Å². The number of amides is 1. The number of carbonyl (C=O) groups excluding carboxylic acids is 1. The molecule has 4 rings (SSSR count). The fourth-order valence-corrected chi connectivity index (χ4v) is 3.39. The molecule has 0 aliphatic carbocycles. The van der Waals surface area contributed by atoms with Gasteiger partial charge in [-0.25, -0.2) is 0 Å². The standard InChI is InChI=1S/C16H18N4O/c1-11-6-13-9-19(10-14(13)8-17-11)16(21)12-3-5-20-15(7-12)2-4-18-20/h2,4,6,8,12H,3,5,7,9-10H2,1H3. The predicted octanol–water partition coefficient (Wildman–Crippen LogP) is 1.69.